The van der Waals surface area contributed by atoms with Gasteiger partial charge in [0, 0.05) is 36.0 Å². The van der Waals surface area contributed by atoms with Crippen molar-refractivity contribution in [3.63, 3.8) is 0 Å². The third-order valence-corrected chi connectivity index (χ3v) is 5.25. The number of amides is 1. The summed E-state index contributed by atoms with van der Waals surface area (Å²) in [5.41, 5.74) is 2.33. The van der Waals surface area contributed by atoms with E-state index >= 15 is 0 Å². The Morgan fingerprint density at radius 2 is 2.00 bits per heavy atom. The molecule has 3 N–H and O–H groups in total. The molecule has 0 unspecified atom stereocenters. The number of hydrogen-bond acceptors (Lipinski definition) is 5. The first-order chi connectivity index (χ1) is 13.7. The Hall–Kier alpha value is -2.87. The van der Waals surface area contributed by atoms with Crippen LogP contribution in [0.25, 0.3) is 0 Å². The minimum atomic E-state index is -3.25. The van der Waals surface area contributed by atoms with E-state index in [4.69, 9.17) is 0 Å². The molecule has 0 heterocycles. The highest BCUT2D eigenvalue weighted by atomic mass is 32.2. The quantitative estimate of drug-likeness (QED) is 0.611. The zero-order valence-electron chi connectivity index (χ0n) is 16.0. The first kappa shape index (κ1) is 20.9. The van der Waals surface area contributed by atoms with E-state index in [0.717, 1.165) is 30.1 Å². The van der Waals surface area contributed by atoms with Gasteiger partial charge in [0.05, 0.1) is 5.56 Å². The van der Waals surface area contributed by atoms with E-state index in [1.165, 1.54) is 24.3 Å². The van der Waals surface area contributed by atoms with Gasteiger partial charge in [0.1, 0.15) is 11.6 Å². The number of carbonyl (C=O) groups is 1. The lowest BCUT2D eigenvalue weighted by atomic mass is 10.0. The van der Waals surface area contributed by atoms with Crippen LogP contribution >= 0.6 is 0 Å². The molecule has 1 amide bonds. The smallest absolute Gasteiger partial charge is 0.253 e. The molecule has 2 aromatic carbocycles. The van der Waals surface area contributed by atoms with Crippen LogP contribution in [0.1, 0.15) is 40.2 Å². The summed E-state index contributed by atoms with van der Waals surface area (Å²) in [7, 11) is -3.25. The molecule has 0 atom stereocenters. The van der Waals surface area contributed by atoms with Crippen molar-refractivity contribution in [3.8, 4) is 5.75 Å². The van der Waals surface area contributed by atoms with E-state index in [2.05, 4.69) is 10.6 Å². The van der Waals surface area contributed by atoms with Crippen LogP contribution in [0.3, 0.4) is 0 Å². The van der Waals surface area contributed by atoms with Gasteiger partial charge in [-0.25, -0.2) is 12.8 Å². The number of rotatable bonds is 8. The Kier molecular flexibility index (Phi) is 6.22. The van der Waals surface area contributed by atoms with Crippen molar-refractivity contribution in [1.29, 1.82) is 0 Å². The van der Waals surface area contributed by atoms with Gasteiger partial charge in [-0.3, -0.25) is 4.79 Å². The maximum atomic E-state index is 14.0. The highest BCUT2D eigenvalue weighted by Crippen LogP contribution is 2.41. The molecule has 8 heteroatoms. The molecular weight excluding hydrogens is 395 g/mol. The molecule has 29 heavy (non-hydrogen) atoms. The molecule has 154 valence electrons. The Bertz CT molecular complexity index is 1050. The minimum Gasteiger partial charge on any atom is -0.508 e. The Balaban J connectivity index is 1.76. The summed E-state index contributed by atoms with van der Waals surface area (Å²) in [6.07, 6.45) is 4.64. The second-order valence-electron chi connectivity index (χ2n) is 7.12. The number of nitrogens with one attached hydrogen (secondary N) is 2. The van der Waals surface area contributed by atoms with Crippen LogP contribution in [0.2, 0.25) is 0 Å². The number of sulfone groups is 1. The maximum absolute atomic E-state index is 14.0. The van der Waals surface area contributed by atoms with Crippen molar-refractivity contribution in [2.75, 3.05) is 18.1 Å². The fraction of sp³-hybridized carbons (Fsp3) is 0.286. The molecular formula is C21H23FN2O4S. The second-order valence-corrected chi connectivity index (χ2v) is 9.05. The first-order valence-corrected chi connectivity index (χ1v) is 11.2. The summed E-state index contributed by atoms with van der Waals surface area (Å²) in [6.45, 7) is 0.166. The van der Waals surface area contributed by atoms with E-state index < -0.39 is 15.7 Å². The van der Waals surface area contributed by atoms with E-state index in [-0.39, 0.29) is 30.3 Å². The fourth-order valence-corrected chi connectivity index (χ4v) is 3.38. The number of carbonyl (C=O) groups excluding carboxylic acids is 1. The lowest BCUT2D eigenvalue weighted by Gasteiger charge is -2.14. The zero-order chi connectivity index (χ0) is 21.0. The predicted octanol–water partition coefficient (Wildman–Crippen LogP) is 3.31. The van der Waals surface area contributed by atoms with Crippen molar-refractivity contribution in [1.82, 2.24) is 5.32 Å². The number of aromatic hydroxyl groups is 1. The SMILES string of the molecule is CS(=O)(=O)/C=C/CNC(=O)c1ccc(C2CC2)cc1NCc1cc(O)ccc1F. The van der Waals surface area contributed by atoms with Gasteiger partial charge < -0.3 is 15.7 Å². The molecule has 0 bridgehead atoms. The van der Waals surface area contributed by atoms with Crippen LogP contribution in [0.15, 0.2) is 47.9 Å². The number of halogens is 1. The average Bonchev–Trinajstić information content (AvgIpc) is 3.50. The minimum absolute atomic E-state index is 0.0365. The molecule has 2 aromatic rings. The predicted molar refractivity (Wildman–Crippen MR) is 110 cm³/mol. The van der Waals surface area contributed by atoms with E-state index in [1.54, 1.807) is 6.07 Å². The number of phenols is 1. The van der Waals surface area contributed by atoms with Crippen molar-refractivity contribution in [2.45, 2.75) is 25.3 Å². The van der Waals surface area contributed by atoms with Crippen molar-refractivity contribution in [3.05, 3.63) is 70.4 Å². The van der Waals surface area contributed by atoms with Crippen LogP contribution in [-0.2, 0) is 16.4 Å². The maximum Gasteiger partial charge on any atom is 0.253 e. The highest BCUT2D eigenvalue weighted by Gasteiger charge is 2.25. The highest BCUT2D eigenvalue weighted by molar-refractivity contribution is 7.93. The number of hydrogen-bond donors (Lipinski definition) is 3. The average molecular weight is 418 g/mol. The third kappa shape index (κ3) is 6.05. The third-order valence-electron chi connectivity index (χ3n) is 4.56. The molecule has 0 aliphatic heterocycles. The van der Waals surface area contributed by atoms with Gasteiger partial charge in [-0.1, -0.05) is 12.1 Å². The van der Waals surface area contributed by atoms with Gasteiger partial charge in [-0.05, 0) is 54.7 Å². The van der Waals surface area contributed by atoms with Gasteiger partial charge in [-0.15, -0.1) is 0 Å². The van der Waals surface area contributed by atoms with Gasteiger partial charge in [-0.2, -0.15) is 0 Å². The van der Waals surface area contributed by atoms with Gasteiger partial charge in [0.25, 0.3) is 5.91 Å². The van der Waals surface area contributed by atoms with E-state index in [0.29, 0.717) is 17.2 Å². The summed E-state index contributed by atoms with van der Waals surface area (Å²) in [6, 6.07) is 9.30. The standard InChI is InChI=1S/C21H23FN2O4S/c1-29(27,28)10-2-9-23-21(26)18-7-5-15(14-3-4-14)12-20(18)24-13-16-11-17(25)6-8-19(16)22/h2,5-8,10-12,14,24-25H,3-4,9,13H2,1H3,(H,23,26)/b10-2+. The van der Waals surface area contributed by atoms with Crippen LogP contribution in [-0.4, -0.2) is 32.2 Å². The van der Waals surface area contributed by atoms with Crippen LogP contribution in [0, 0.1) is 5.82 Å². The Morgan fingerprint density at radius 3 is 2.69 bits per heavy atom. The van der Waals surface area contributed by atoms with E-state index in [9.17, 15) is 22.7 Å². The molecule has 1 fully saturated rings. The van der Waals surface area contributed by atoms with Crippen LogP contribution in [0.4, 0.5) is 10.1 Å². The van der Waals surface area contributed by atoms with Crippen LogP contribution in [0.5, 0.6) is 5.75 Å². The second kappa shape index (κ2) is 8.65. The monoisotopic (exact) mass is 418 g/mol. The fourth-order valence-electron chi connectivity index (χ4n) is 2.93. The van der Waals surface area contributed by atoms with Gasteiger partial charge in [0.15, 0.2) is 9.84 Å². The summed E-state index contributed by atoms with van der Waals surface area (Å²) in [5, 5.41) is 16.3. The molecule has 3 rings (SSSR count). The Morgan fingerprint density at radius 1 is 1.24 bits per heavy atom. The summed E-state index contributed by atoms with van der Waals surface area (Å²) >= 11 is 0. The summed E-state index contributed by atoms with van der Waals surface area (Å²) in [4.78, 5) is 12.6. The zero-order valence-corrected chi connectivity index (χ0v) is 16.8. The molecule has 0 saturated heterocycles. The van der Waals surface area contributed by atoms with Crippen molar-refractivity contribution in [2.24, 2.45) is 0 Å². The van der Waals surface area contributed by atoms with Crippen molar-refractivity contribution >= 4 is 21.4 Å². The normalized spacial score (nSPS) is 14.1. The molecule has 0 aromatic heterocycles. The first-order valence-electron chi connectivity index (χ1n) is 9.23. The van der Waals surface area contributed by atoms with Gasteiger partial charge >= 0.3 is 0 Å². The number of benzene rings is 2. The van der Waals surface area contributed by atoms with Crippen molar-refractivity contribution < 1.29 is 22.7 Å². The van der Waals surface area contributed by atoms with Crippen LogP contribution < -0.4 is 10.6 Å². The summed E-state index contributed by atoms with van der Waals surface area (Å²) < 4.78 is 36.2. The molecule has 1 aliphatic rings. The topological polar surface area (TPSA) is 95.5 Å². The molecule has 0 spiro atoms. The summed E-state index contributed by atoms with van der Waals surface area (Å²) in [5.74, 6) is -0.386. The largest absolute Gasteiger partial charge is 0.508 e. The molecule has 1 saturated carbocycles. The number of anilines is 1. The number of phenolic OH excluding ortho intramolecular Hbond substituents is 1. The van der Waals surface area contributed by atoms with Gasteiger partial charge in [0.2, 0.25) is 0 Å². The molecule has 0 radical (unpaired) electrons. The molecule has 6 nitrogen and oxygen atoms in total. The lowest BCUT2D eigenvalue weighted by molar-refractivity contribution is 0.0958. The molecule has 1 aliphatic carbocycles. The lowest BCUT2D eigenvalue weighted by Crippen LogP contribution is -2.24. The Labute approximate surface area is 169 Å². The van der Waals surface area contributed by atoms with E-state index in [1.807, 2.05) is 12.1 Å².